The summed E-state index contributed by atoms with van der Waals surface area (Å²) >= 11 is 0. The summed E-state index contributed by atoms with van der Waals surface area (Å²) in [6.45, 7) is 6.51. The summed E-state index contributed by atoms with van der Waals surface area (Å²) in [5, 5.41) is 2.84. The number of para-hydroxylation sites is 1. The number of hydrogen-bond donors (Lipinski definition) is 1. The van der Waals surface area contributed by atoms with Gasteiger partial charge in [0.05, 0.1) is 7.11 Å². The van der Waals surface area contributed by atoms with E-state index in [0.29, 0.717) is 17.3 Å². The lowest BCUT2D eigenvalue weighted by Crippen LogP contribution is -2.24. The fourth-order valence-electron chi connectivity index (χ4n) is 2.67. The second-order valence-electron chi connectivity index (χ2n) is 7.01. The van der Waals surface area contributed by atoms with Crippen molar-refractivity contribution in [3.63, 3.8) is 0 Å². The Balaban J connectivity index is 1.91. The highest BCUT2D eigenvalue weighted by atomic mass is 16.5. The topological polar surface area (TPSA) is 50.7 Å². The first-order valence-corrected chi connectivity index (χ1v) is 8.24. The van der Waals surface area contributed by atoms with Crippen molar-refractivity contribution in [1.29, 1.82) is 0 Å². The fraction of sp³-hybridized carbons (Fsp3) is 0.238. The van der Waals surface area contributed by atoms with Crippen LogP contribution >= 0.6 is 0 Å². The van der Waals surface area contributed by atoms with Gasteiger partial charge in [-0.1, -0.05) is 63.2 Å². The van der Waals surface area contributed by atoms with Crippen LogP contribution in [0.4, 0.5) is 0 Å². The molecule has 0 radical (unpaired) electrons. The summed E-state index contributed by atoms with van der Waals surface area (Å²) in [6.07, 6.45) is 1.74. The predicted octanol–water partition coefficient (Wildman–Crippen LogP) is 3.91. The Morgan fingerprint density at radius 2 is 1.72 bits per heavy atom. The molecular weight excluding hydrogens is 312 g/mol. The number of nitrogens with one attached hydrogen (secondary N) is 1. The Morgan fingerprint density at radius 1 is 1.04 bits per heavy atom. The van der Waals surface area contributed by atoms with E-state index in [4.69, 9.17) is 4.74 Å². The van der Waals surface area contributed by atoms with Crippen molar-refractivity contribution in [1.82, 2.24) is 5.32 Å². The molecule has 4 nitrogen and oxygen atoms in total. The first kappa shape index (κ1) is 17.0. The maximum absolute atomic E-state index is 12.3. The number of hydrogen-bond acceptors (Lipinski definition) is 3. The Morgan fingerprint density at radius 3 is 2.36 bits per heavy atom. The van der Waals surface area contributed by atoms with Gasteiger partial charge in [-0.05, 0) is 23.1 Å². The summed E-state index contributed by atoms with van der Waals surface area (Å²) in [5.41, 5.74) is 3.42. The molecule has 0 bridgehead atoms. The van der Waals surface area contributed by atoms with Gasteiger partial charge in [0.1, 0.15) is 17.3 Å². The van der Waals surface area contributed by atoms with Crippen molar-refractivity contribution in [3.8, 4) is 5.75 Å². The lowest BCUT2D eigenvalue weighted by atomic mass is 9.86. The number of rotatable bonds is 3. The van der Waals surface area contributed by atoms with Crippen molar-refractivity contribution in [2.45, 2.75) is 26.2 Å². The number of methoxy groups -OCH3 is 1. The summed E-state index contributed by atoms with van der Waals surface area (Å²) in [6, 6.07) is 15.7. The van der Waals surface area contributed by atoms with Crippen LogP contribution in [0.2, 0.25) is 0 Å². The summed E-state index contributed by atoms with van der Waals surface area (Å²) in [4.78, 5) is 16.7. The molecule has 2 aromatic carbocycles. The van der Waals surface area contributed by atoms with E-state index >= 15 is 0 Å². The van der Waals surface area contributed by atoms with Crippen LogP contribution < -0.4 is 10.1 Å². The molecule has 1 N–H and O–H groups in total. The van der Waals surface area contributed by atoms with Crippen molar-refractivity contribution in [2.75, 3.05) is 7.11 Å². The van der Waals surface area contributed by atoms with Crippen LogP contribution in [0.15, 0.2) is 59.2 Å². The van der Waals surface area contributed by atoms with Gasteiger partial charge in [0.25, 0.3) is 5.91 Å². The molecule has 1 heterocycles. The zero-order chi connectivity index (χ0) is 18.0. The zero-order valence-corrected chi connectivity index (χ0v) is 15.0. The summed E-state index contributed by atoms with van der Waals surface area (Å²) in [5.74, 6) is 1.08. The van der Waals surface area contributed by atoms with Gasteiger partial charge >= 0.3 is 0 Å². The van der Waals surface area contributed by atoms with Gasteiger partial charge in [0.15, 0.2) is 0 Å². The third kappa shape index (κ3) is 3.63. The van der Waals surface area contributed by atoms with Crippen LogP contribution in [0.25, 0.3) is 6.08 Å². The monoisotopic (exact) mass is 334 g/mol. The number of carbonyl (C=O) groups is 1. The number of carbonyl (C=O) groups excluding carboxylic acids is 1. The molecule has 1 amide bonds. The van der Waals surface area contributed by atoms with E-state index in [1.165, 1.54) is 5.56 Å². The zero-order valence-electron chi connectivity index (χ0n) is 15.0. The third-order valence-corrected chi connectivity index (χ3v) is 4.15. The number of ether oxygens (including phenoxy) is 1. The van der Waals surface area contributed by atoms with Crippen LogP contribution in [0, 0.1) is 0 Å². The smallest absolute Gasteiger partial charge is 0.275 e. The van der Waals surface area contributed by atoms with Crippen molar-refractivity contribution in [2.24, 2.45) is 4.99 Å². The highest BCUT2D eigenvalue weighted by Gasteiger charge is 2.22. The number of amidine groups is 1. The highest BCUT2D eigenvalue weighted by Crippen LogP contribution is 2.24. The first-order valence-electron chi connectivity index (χ1n) is 8.24. The van der Waals surface area contributed by atoms with E-state index in [2.05, 4.69) is 43.2 Å². The highest BCUT2D eigenvalue weighted by molar-refractivity contribution is 6.19. The Hall–Kier alpha value is -2.88. The number of nitrogens with zero attached hydrogens (tertiary/aromatic N) is 1. The molecule has 0 unspecified atom stereocenters. The molecule has 1 aliphatic rings. The van der Waals surface area contributed by atoms with Gasteiger partial charge in [-0.25, -0.2) is 4.99 Å². The maximum Gasteiger partial charge on any atom is 0.275 e. The molecule has 2 aromatic rings. The summed E-state index contributed by atoms with van der Waals surface area (Å²) in [7, 11) is 1.61. The van der Waals surface area contributed by atoms with Crippen LogP contribution in [-0.2, 0) is 10.2 Å². The minimum Gasteiger partial charge on any atom is -0.496 e. The van der Waals surface area contributed by atoms with Crippen LogP contribution in [0.5, 0.6) is 5.75 Å². The molecule has 0 aromatic heterocycles. The van der Waals surface area contributed by atoms with Gasteiger partial charge in [-0.2, -0.15) is 0 Å². The van der Waals surface area contributed by atoms with Gasteiger partial charge in [0, 0.05) is 11.1 Å². The largest absolute Gasteiger partial charge is 0.496 e. The standard InChI is InChI=1S/C21H22N2O2/c1-21(2,3)16-11-9-14(10-12-16)19-22-17(20(24)23-19)13-15-7-5-6-8-18(15)25-4/h5-13H,1-4H3,(H,22,23,24)/b17-13-. The van der Waals surface area contributed by atoms with Gasteiger partial charge in [0.2, 0.25) is 0 Å². The van der Waals surface area contributed by atoms with Gasteiger partial charge in [-0.15, -0.1) is 0 Å². The SMILES string of the molecule is COc1ccccc1/C=C1\N=C(c2ccc(C(C)(C)C)cc2)NC1=O. The Bertz CT molecular complexity index is 856. The number of amides is 1. The number of benzene rings is 2. The van der Waals surface area contributed by atoms with E-state index in [0.717, 1.165) is 11.1 Å². The van der Waals surface area contributed by atoms with Crippen LogP contribution in [-0.4, -0.2) is 18.9 Å². The molecule has 0 saturated heterocycles. The quantitative estimate of drug-likeness (QED) is 0.865. The van der Waals surface area contributed by atoms with Crippen molar-refractivity contribution < 1.29 is 9.53 Å². The minimum absolute atomic E-state index is 0.0915. The van der Waals surface area contributed by atoms with E-state index in [9.17, 15) is 4.79 Å². The molecule has 0 saturated carbocycles. The Kier molecular flexibility index (Phi) is 4.45. The lowest BCUT2D eigenvalue weighted by Gasteiger charge is -2.19. The van der Waals surface area contributed by atoms with E-state index in [1.807, 2.05) is 36.4 Å². The van der Waals surface area contributed by atoms with Crippen LogP contribution in [0.3, 0.4) is 0 Å². The van der Waals surface area contributed by atoms with Gasteiger partial charge in [-0.3, -0.25) is 4.79 Å². The normalized spacial score (nSPS) is 15.9. The van der Waals surface area contributed by atoms with Crippen molar-refractivity contribution >= 4 is 17.8 Å². The molecule has 0 spiro atoms. The molecule has 128 valence electrons. The molecule has 0 fully saturated rings. The molecule has 1 aliphatic heterocycles. The molecule has 25 heavy (non-hydrogen) atoms. The first-order chi connectivity index (χ1) is 11.9. The molecular formula is C21H22N2O2. The molecule has 0 aliphatic carbocycles. The number of aliphatic imine (C=N–C) groups is 1. The minimum atomic E-state index is -0.208. The molecule has 3 rings (SSSR count). The molecule has 0 atom stereocenters. The second-order valence-corrected chi connectivity index (χ2v) is 7.01. The van der Waals surface area contributed by atoms with Crippen LogP contribution in [0.1, 0.15) is 37.5 Å². The average Bonchev–Trinajstić information content (AvgIpc) is 2.95. The fourth-order valence-corrected chi connectivity index (χ4v) is 2.67. The lowest BCUT2D eigenvalue weighted by molar-refractivity contribution is -0.115. The van der Waals surface area contributed by atoms with Gasteiger partial charge < -0.3 is 10.1 Å². The summed E-state index contributed by atoms with van der Waals surface area (Å²) < 4.78 is 5.32. The van der Waals surface area contributed by atoms with E-state index < -0.39 is 0 Å². The average molecular weight is 334 g/mol. The second kappa shape index (κ2) is 6.55. The maximum atomic E-state index is 12.3. The Labute approximate surface area is 148 Å². The van der Waals surface area contributed by atoms with Crippen molar-refractivity contribution in [3.05, 3.63) is 70.9 Å². The third-order valence-electron chi connectivity index (χ3n) is 4.15. The molecule has 4 heteroatoms. The van der Waals surface area contributed by atoms with E-state index in [1.54, 1.807) is 13.2 Å². The predicted molar refractivity (Wildman–Crippen MR) is 101 cm³/mol. The van der Waals surface area contributed by atoms with E-state index in [-0.39, 0.29) is 11.3 Å².